The highest BCUT2D eigenvalue weighted by molar-refractivity contribution is 5.98. The molecule has 6 heteroatoms. The lowest BCUT2D eigenvalue weighted by Crippen LogP contribution is -2.47. The van der Waals surface area contributed by atoms with E-state index in [2.05, 4.69) is 10.6 Å². The van der Waals surface area contributed by atoms with E-state index >= 15 is 0 Å². The van der Waals surface area contributed by atoms with Crippen LogP contribution < -0.4 is 20.3 Å². The van der Waals surface area contributed by atoms with Crippen molar-refractivity contribution in [1.29, 1.82) is 0 Å². The maximum absolute atomic E-state index is 12.2. The standard InChI is InChI=1S/C14H19N3O3/c1-9-4-5-11-12(6-9)20-10(2)8-17(11)13(18)7-16-14(19)15-3/h4-6,10H,7-8H2,1-3H3,(H2,15,16,19). The van der Waals surface area contributed by atoms with Gasteiger partial charge in [0.15, 0.2) is 0 Å². The molecule has 6 nitrogen and oxygen atoms in total. The van der Waals surface area contributed by atoms with Crippen molar-refractivity contribution < 1.29 is 14.3 Å². The van der Waals surface area contributed by atoms with Crippen LogP contribution in [0.15, 0.2) is 18.2 Å². The van der Waals surface area contributed by atoms with Gasteiger partial charge < -0.3 is 20.3 Å². The van der Waals surface area contributed by atoms with Gasteiger partial charge in [-0.2, -0.15) is 0 Å². The summed E-state index contributed by atoms with van der Waals surface area (Å²) >= 11 is 0. The van der Waals surface area contributed by atoms with Crippen molar-refractivity contribution in [3.8, 4) is 5.75 Å². The number of aryl methyl sites for hydroxylation is 1. The van der Waals surface area contributed by atoms with Crippen molar-refractivity contribution in [3.05, 3.63) is 23.8 Å². The van der Waals surface area contributed by atoms with Gasteiger partial charge in [0.05, 0.1) is 18.8 Å². The number of urea groups is 1. The first-order valence-electron chi connectivity index (χ1n) is 6.54. The molecule has 0 bridgehead atoms. The molecule has 2 rings (SSSR count). The zero-order valence-corrected chi connectivity index (χ0v) is 11.9. The Morgan fingerprint density at radius 2 is 2.20 bits per heavy atom. The highest BCUT2D eigenvalue weighted by Gasteiger charge is 2.27. The number of amides is 3. The zero-order chi connectivity index (χ0) is 14.7. The molecule has 1 aromatic carbocycles. The van der Waals surface area contributed by atoms with Gasteiger partial charge in [0.2, 0.25) is 5.91 Å². The number of carbonyl (C=O) groups excluding carboxylic acids is 2. The molecule has 0 saturated carbocycles. The van der Waals surface area contributed by atoms with Crippen LogP contribution in [0.5, 0.6) is 5.75 Å². The van der Waals surface area contributed by atoms with Crippen molar-refractivity contribution in [2.75, 3.05) is 25.0 Å². The lowest BCUT2D eigenvalue weighted by atomic mass is 10.1. The number of benzene rings is 1. The molecular weight excluding hydrogens is 258 g/mol. The summed E-state index contributed by atoms with van der Waals surface area (Å²) in [4.78, 5) is 25.0. The SMILES string of the molecule is CNC(=O)NCC(=O)N1CC(C)Oc2cc(C)ccc21. The molecule has 0 saturated heterocycles. The molecule has 0 radical (unpaired) electrons. The van der Waals surface area contributed by atoms with Gasteiger partial charge in [0.25, 0.3) is 0 Å². The zero-order valence-electron chi connectivity index (χ0n) is 11.9. The normalized spacial score (nSPS) is 16.9. The highest BCUT2D eigenvalue weighted by Crippen LogP contribution is 2.34. The van der Waals surface area contributed by atoms with Crippen LogP contribution in [-0.4, -0.2) is 38.2 Å². The van der Waals surface area contributed by atoms with Crippen molar-refractivity contribution in [2.45, 2.75) is 20.0 Å². The molecule has 0 fully saturated rings. The van der Waals surface area contributed by atoms with Crippen molar-refractivity contribution in [3.63, 3.8) is 0 Å². The van der Waals surface area contributed by atoms with Gasteiger partial charge in [-0.05, 0) is 31.5 Å². The third kappa shape index (κ3) is 3.01. The predicted octanol–water partition coefficient (Wildman–Crippen LogP) is 1.04. The van der Waals surface area contributed by atoms with Crippen molar-refractivity contribution in [2.24, 2.45) is 0 Å². The van der Waals surface area contributed by atoms with Gasteiger partial charge in [0.1, 0.15) is 11.9 Å². The minimum Gasteiger partial charge on any atom is -0.487 e. The average molecular weight is 277 g/mol. The fraction of sp³-hybridized carbons (Fsp3) is 0.429. The van der Waals surface area contributed by atoms with Crippen LogP contribution in [-0.2, 0) is 4.79 Å². The lowest BCUT2D eigenvalue weighted by molar-refractivity contribution is -0.118. The maximum atomic E-state index is 12.2. The molecule has 1 aliphatic rings. The summed E-state index contributed by atoms with van der Waals surface area (Å²) in [6.07, 6.45) is -0.0757. The van der Waals surface area contributed by atoms with Crippen molar-refractivity contribution in [1.82, 2.24) is 10.6 Å². The molecule has 0 spiro atoms. The number of nitrogens with one attached hydrogen (secondary N) is 2. The summed E-state index contributed by atoms with van der Waals surface area (Å²) in [5, 5.41) is 4.92. The number of fused-ring (bicyclic) bond motifs is 1. The molecule has 20 heavy (non-hydrogen) atoms. The van der Waals surface area contributed by atoms with E-state index in [4.69, 9.17) is 4.74 Å². The van der Waals surface area contributed by atoms with Crippen LogP contribution in [0.4, 0.5) is 10.5 Å². The van der Waals surface area contributed by atoms with E-state index in [0.29, 0.717) is 12.3 Å². The second-order valence-electron chi connectivity index (χ2n) is 4.84. The summed E-state index contributed by atoms with van der Waals surface area (Å²) in [6, 6.07) is 5.35. The van der Waals surface area contributed by atoms with Crippen molar-refractivity contribution >= 4 is 17.6 Å². The first-order valence-corrected chi connectivity index (χ1v) is 6.54. The Balaban J connectivity index is 2.16. The smallest absolute Gasteiger partial charge is 0.314 e. The van der Waals surface area contributed by atoms with Gasteiger partial charge in [-0.25, -0.2) is 4.79 Å². The molecule has 0 aliphatic carbocycles. The van der Waals surface area contributed by atoms with Crippen LogP contribution in [0.1, 0.15) is 12.5 Å². The van der Waals surface area contributed by atoms with E-state index in [1.807, 2.05) is 32.0 Å². The van der Waals surface area contributed by atoms with E-state index in [-0.39, 0.29) is 24.6 Å². The van der Waals surface area contributed by atoms with Crippen LogP contribution in [0, 0.1) is 6.92 Å². The average Bonchev–Trinajstić information content (AvgIpc) is 2.42. The Morgan fingerprint density at radius 1 is 1.45 bits per heavy atom. The minimum absolute atomic E-state index is 0.0420. The Kier molecular flexibility index (Phi) is 4.12. The van der Waals surface area contributed by atoms with E-state index < -0.39 is 0 Å². The fourth-order valence-corrected chi connectivity index (χ4v) is 2.12. The molecule has 1 heterocycles. The van der Waals surface area contributed by atoms with E-state index in [0.717, 1.165) is 11.3 Å². The second kappa shape index (κ2) is 5.81. The van der Waals surface area contributed by atoms with Crippen LogP contribution in [0.25, 0.3) is 0 Å². The number of carbonyl (C=O) groups is 2. The molecule has 1 unspecified atom stereocenters. The van der Waals surface area contributed by atoms with Crippen LogP contribution in [0.2, 0.25) is 0 Å². The van der Waals surface area contributed by atoms with E-state index in [1.165, 1.54) is 7.05 Å². The molecule has 3 amide bonds. The maximum Gasteiger partial charge on any atom is 0.314 e. The first-order chi connectivity index (χ1) is 9.51. The Labute approximate surface area is 118 Å². The first kappa shape index (κ1) is 14.2. The summed E-state index contributed by atoms with van der Waals surface area (Å²) in [6.45, 7) is 4.32. The van der Waals surface area contributed by atoms with Gasteiger partial charge in [-0.15, -0.1) is 0 Å². The van der Waals surface area contributed by atoms with E-state index in [1.54, 1.807) is 4.90 Å². The number of rotatable bonds is 2. The predicted molar refractivity (Wildman–Crippen MR) is 76.1 cm³/mol. The summed E-state index contributed by atoms with van der Waals surface area (Å²) in [7, 11) is 1.51. The second-order valence-corrected chi connectivity index (χ2v) is 4.84. The number of nitrogens with zero attached hydrogens (tertiary/aromatic N) is 1. The third-order valence-corrected chi connectivity index (χ3v) is 3.10. The molecule has 1 aromatic rings. The molecule has 108 valence electrons. The molecule has 1 atom stereocenters. The Hall–Kier alpha value is -2.24. The van der Waals surface area contributed by atoms with Gasteiger partial charge in [-0.3, -0.25) is 4.79 Å². The van der Waals surface area contributed by atoms with Gasteiger partial charge in [-0.1, -0.05) is 6.07 Å². The summed E-state index contributed by atoms with van der Waals surface area (Å²) < 4.78 is 5.75. The molecule has 0 aromatic heterocycles. The highest BCUT2D eigenvalue weighted by atomic mass is 16.5. The van der Waals surface area contributed by atoms with Crippen LogP contribution in [0.3, 0.4) is 0 Å². The monoisotopic (exact) mass is 277 g/mol. The van der Waals surface area contributed by atoms with Gasteiger partial charge >= 0.3 is 6.03 Å². The number of anilines is 1. The molecule has 2 N–H and O–H groups in total. The largest absolute Gasteiger partial charge is 0.487 e. The minimum atomic E-state index is -0.371. The van der Waals surface area contributed by atoms with E-state index in [9.17, 15) is 9.59 Å². The fourth-order valence-electron chi connectivity index (χ4n) is 2.12. The quantitative estimate of drug-likeness (QED) is 0.848. The number of ether oxygens (including phenoxy) is 1. The topological polar surface area (TPSA) is 70.7 Å². The molecule has 1 aliphatic heterocycles. The number of hydrogen-bond donors (Lipinski definition) is 2. The third-order valence-electron chi connectivity index (χ3n) is 3.10. The Bertz CT molecular complexity index is 530. The lowest BCUT2D eigenvalue weighted by Gasteiger charge is -2.33. The molecular formula is C14H19N3O3. The van der Waals surface area contributed by atoms with Crippen LogP contribution >= 0.6 is 0 Å². The summed E-state index contributed by atoms with van der Waals surface area (Å²) in [5.74, 6) is 0.547. The number of hydrogen-bond acceptors (Lipinski definition) is 3. The summed E-state index contributed by atoms with van der Waals surface area (Å²) in [5.41, 5.74) is 1.83. The van der Waals surface area contributed by atoms with Gasteiger partial charge in [0, 0.05) is 7.05 Å². The Morgan fingerprint density at radius 3 is 2.90 bits per heavy atom.